The van der Waals surface area contributed by atoms with Gasteiger partial charge in [0.25, 0.3) is 0 Å². The Morgan fingerprint density at radius 2 is 1.65 bits per heavy atom. The van der Waals surface area contributed by atoms with Crippen LogP contribution in [-0.4, -0.2) is 56.5 Å². The number of esters is 1. The van der Waals surface area contributed by atoms with E-state index >= 15 is 0 Å². The molecule has 0 amide bonds. The average molecular weight is 538 g/mol. The molecule has 1 aliphatic rings. The van der Waals surface area contributed by atoms with Gasteiger partial charge in [0.05, 0.1) is 23.1 Å². The van der Waals surface area contributed by atoms with Gasteiger partial charge in [-0.25, -0.2) is 13.2 Å². The van der Waals surface area contributed by atoms with Gasteiger partial charge in [-0.1, -0.05) is 41.9 Å². The molecule has 37 heavy (non-hydrogen) atoms. The Balaban J connectivity index is 1.76. The molecule has 5 rings (SSSR count). The van der Waals surface area contributed by atoms with Crippen LogP contribution in [0.2, 0.25) is 5.02 Å². The lowest BCUT2D eigenvalue weighted by molar-refractivity contribution is 0.0592. The van der Waals surface area contributed by atoms with Crippen molar-refractivity contribution in [3.05, 3.63) is 93.7 Å². The number of hydrogen-bond acceptors (Lipinski definition) is 6. The number of hydrogen-bond donors (Lipinski definition) is 1. The highest BCUT2D eigenvalue weighted by Gasteiger charge is 2.28. The monoisotopic (exact) mass is 537 g/mol. The van der Waals surface area contributed by atoms with Gasteiger partial charge in [-0.15, -0.1) is 0 Å². The van der Waals surface area contributed by atoms with Crippen LogP contribution in [0.3, 0.4) is 0 Å². The van der Waals surface area contributed by atoms with Crippen molar-refractivity contribution in [3.63, 3.8) is 0 Å². The largest absolute Gasteiger partial charge is 0.464 e. The molecule has 8 nitrogen and oxygen atoms in total. The Hall–Kier alpha value is -3.50. The highest BCUT2D eigenvalue weighted by atomic mass is 35.5. The summed E-state index contributed by atoms with van der Waals surface area (Å²) in [6.07, 6.45) is 0. The van der Waals surface area contributed by atoms with Crippen LogP contribution in [0, 0.1) is 0 Å². The van der Waals surface area contributed by atoms with Crippen LogP contribution in [0.5, 0.6) is 0 Å². The number of benzene rings is 3. The fraction of sp³-hybridized carbons (Fsp3) is 0.185. The fourth-order valence-electron chi connectivity index (χ4n) is 4.59. The van der Waals surface area contributed by atoms with Gasteiger partial charge in [0, 0.05) is 42.3 Å². The minimum Gasteiger partial charge on any atom is -0.464 e. The zero-order chi connectivity index (χ0) is 26.2. The van der Waals surface area contributed by atoms with E-state index in [9.17, 15) is 18.0 Å². The van der Waals surface area contributed by atoms with Crippen molar-refractivity contribution < 1.29 is 17.9 Å². The molecule has 0 spiro atoms. The summed E-state index contributed by atoms with van der Waals surface area (Å²) < 4.78 is 34.4. The first-order chi connectivity index (χ1) is 17.8. The number of pyridine rings is 1. The summed E-state index contributed by atoms with van der Waals surface area (Å²) in [5.74, 6) is -0.713. The number of methoxy groups -OCH3 is 1. The molecule has 1 fully saturated rings. The van der Waals surface area contributed by atoms with Crippen molar-refractivity contribution in [1.82, 2.24) is 14.2 Å². The number of piperazine rings is 1. The van der Waals surface area contributed by atoms with E-state index < -0.39 is 21.4 Å². The molecule has 0 aliphatic carbocycles. The number of fused-ring (bicyclic) bond motifs is 1. The first-order valence-corrected chi connectivity index (χ1v) is 13.5. The average Bonchev–Trinajstić information content (AvgIpc) is 2.93. The van der Waals surface area contributed by atoms with Crippen molar-refractivity contribution in [1.29, 1.82) is 0 Å². The molecule has 1 N–H and O–H groups in total. The third-order valence-electron chi connectivity index (χ3n) is 6.38. The van der Waals surface area contributed by atoms with Gasteiger partial charge in [-0.2, -0.15) is 4.31 Å². The molecule has 0 atom stereocenters. The summed E-state index contributed by atoms with van der Waals surface area (Å²) in [5, 5.41) is 3.90. The number of nitrogens with one attached hydrogen (secondary N) is 1. The van der Waals surface area contributed by atoms with Crippen LogP contribution in [0.1, 0.15) is 10.5 Å². The third-order valence-corrected chi connectivity index (χ3v) is 8.53. The van der Waals surface area contributed by atoms with Crippen molar-refractivity contribution in [2.75, 3.05) is 33.3 Å². The molecule has 2 heterocycles. The third kappa shape index (κ3) is 4.55. The molecule has 1 aliphatic heterocycles. The number of para-hydroxylation sites is 1. The van der Waals surface area contributed by atoms with E-state index in [4.69, 9.17) is 16.3 Å². The second kappa shape index (κ2) is 10.1. The number of aromatic nitrogens is 1. The highest BCUT2D eigenvalue weighted by Crippen LogP contribution is 2.31. The van der Waals surface area contributed by atoms with Gasteiger partial charge in [-0.05, 0) is 48.0 Å². The van der Waals surface area contributed by atoms with Gasteiger partial charge in [0.15, 0.2) is 5.43 Å². The lowest BCUT2D eigenvalue weighted by Gasteiger charge is -2.26. The van der Waals surface area contributed by atoms with E-state index in [0.29, 0.717) is 53.4 Å². The zero-order valence-corrected chi connectivity index (χ0v) is 21.6. The van der Waals surface area contributed by atoms with E-state index in [-0.39, 0.29) is 16.2 Å². The highest BCUT2D eigenvalue weighted by molar-refractivity contribution is 7.89. The lowest BCUT2D eigenvalue weighted by atomic mass is 9.99. The standard InChI is InChI=1S/C27H24ClN3O5S/c1-36-27(33)25-24(18-7-10-21(11-8-18)37(34,35)30-15-13-29-14-16-30)26(32)22-12-9-19(28)17-23(22)31(25)20-5-3-2-4-6-20/h2-12,17,29H,13-16H2,1H3. The van der Waals surface area contributed by atoms with Crippen molar-refractivity contribution >= 4 is 38.5 Å². The Kier molecular flexibility index (Phi) is 6.87. The summed E-state index contributed by atoms with van der Waals surface area (Å²) in [7, 11) is -2.44. The SMILES string of the molecule is COC(=O)c1c(-c2ccc(S(=O)(=O)N3CCNCC3)cc2)c(=O)c2ccc(Cl)cc2n1-c1ccccc1. The summed E-state index contributed by atoms with van der Waals surface area (Å²) >= 11 is 6.28. The lowest BCUT2D eigenvalue weighted by Crippen LogP contribution is -2.46. The van der Waals surface area contributed by atoms with Crippen LogP contribution >= 0.6 is 11.6 Å². The molecule has 0 saturated carbocycles. The number of carbonyl (C=O) groups is 1. The van der Waals surface area contributed by atoms with Crippen molar-refractivity contribution in [2.45, 2.75) is 4.90 Å². The topological polar surface area (TPSA) is 97.7 Å². The van der Waals surface area contributed by atoms with Crippen molar-refractivity contribution in [3.8, 4) is 16.8 Å². The molecule has 190 valence electrons. The number of carbonyl (C=O) groups excluding carboxylic acids is 1. The maximum absolute atomic E-state index is 13.8. The molecule has 10 heteroatoms. The van der Waals surface area contributed by atoms with Crippen LogP contribution in [0.25, 0.3) is 27.7 Å². The molecule has 1 saturated heterocycles. The molecule has 3 aromatic carbocycles. The summed E-state index contributed by atoms with van der Waals surface area (Å²) in [4.78, 5) is 27.1. The Bertz CT molecular complexity index is 1650. The predicted octanol–water partition coefficient (Wildman–Crippen LogP) is 3.69. The molecule has 4 aromatic rings. The maximum atomic E-state index is 13.8. The molecule has 0 bridgehead atoms. The van der Waals surface area contributed by atoms with E-state index in [2.05, 4.69) is 5.32 Å². The molecule has 1 aromatic heterocycles. The number of ether oxygens (including phenoxy) is 1. The molecular weight excluding hydrogens is 514 g/mol. The van der Waals surface area contributed by atoms with Crippen molar-refractivity contribution in [2.24, 2.45) is 0 Å². The predicted molar refractivity (Wildman–Crippen MR) is 143 cm³/mol. The van der Waals surface area contributed by atoms with Gasteiger partial charge >= 0.3 is 5.97 Å². The number of halogens is 1. The summed E-state index contributed by atoms with van der Waals surface area (Å²) in [6.45, 7) is 1.93. The second-order valence-electron chi connectivity index (χ2n) is 8.56. The van der Waals surface area contributed by atoms with Crippen LogP contribution in [0.15, 0.2) is 82.5 Å². The summed E-state index contributed by atoms with van der Waals surface area (Å²) in [5.41, 5.74) is 1.21. The Morgan fingerprint density at radius 1 is 0.973 bits per heavy atom. The van der Waals surface area contributed by atoms with E-state index in [1.54, 1.807) is 34.9 Å². The van der Waals surface area contributed by atoms with Gasteiger partial charge in [0.2, 0.25) is 10.0 Å². The second-order valence-corrected chi connectivity index (χ2v) is 10.9. The minimum absolute atomic E-state index is 0.0196. The first kappa shape index (κ1) is 25.2. The number of sulfonamides is 1. The molecule has 0 unspecified atom stereocenters. The van der Waals surface area contributed by atoms with Crippen LogP contribution in [0.4, 0.5) is 0 Å². The smallest absolute Gasteiger partial charge is 0.355 e. The molecule has 0 radical (unpaired) electrons. The van der Waals surface area contributed by atoms with Gasteiger partial charge < -0.3 is 14.6 Å². The quantitative estimate of drug-likeness (QED) is 0.390. The minimum atomic E-state index is -3.69. The summed E-state index contributed by atoms with van der Waals surface area (Å²) in [6, 6.07) is 20.0. The Morgan fingerprint density at radius 3 is 2.30 bits per heavy atom. The van der Waals surface area contributed by atoms with E-state index in [0.717, 1.165) is 0 Å². The number of rotatable bonds is 5. The van der Waals surface area contributed by atoms with E-state index in [1.165, 1.54) is 23.5 Å². The van der Waals surface area contributed by atoms with Crippen LogP contribution < -0.4 is 10.7 Å². The molecular formula is C27H24ClN3O5S. The first-order valence-electron chi connectivity index (χ1n) is 11.7. The fourth-order valence-corrected chi connectivity index (χ4v) is 6.19. The van der Waals surface area contributed by atoms with Gasteiger partial charge in [-0.3, -0.25) is 4.79 Å². The zero-order valence-electron chi connectivity index (χ0n) is 20.0. The van der Waals surface area contributed by atoms with Crippen LogP contribution in [-0.2, 0) is 14.8 Å². The Labute approximate surface area is 219 Å². The normalized spacial score (nSPS) is 14.5. The van der Waals surface area contributed by atoms with E-state index in [1.807, 2.05) is 30.3 Å². The number of nitrogens with zero attached hydrogens (tertiary/aromatic N) is 2. The van der Waals surface area contributed by atoms with Gasteiger partial charge in [0.1, 0.15) is 5.69 Å². The maximum Gasteiger partial charge on any atom is 0.355 e.